The molecule has 2 aromatic heterocycles. The Morgan fingerprint density at radius 1 is 1.30 bits per heavy atom. The predicted octanol–water partition coefficient (Wildman–Crippen LogP) is 3.24. The molecule has 3 rings (SSSR count). The first-order valence-corrected chi connectivity index (χ1v) is 7.42. The zero-order chi connectivity index (χ0) is 16.6. The quantitative estimate of drug-likeness (QED) is 0.734. The van der Waals surface area contributed by atoms with E-state index in [1.54, 1.807) is 24.3 Å². The molecular formula is C14H10F3N3O2S. The lowest BCUT2D eigenvalue weighted by molar-refractivity contribution is -0.141. The van der Waals surface area contributed by atoms with Crippen molar-refractivity contribution in [3.8, 4) is 16.3 Å². The van der Waals surface area contributed by atoms with Crippen LogP contribution in [0.5, 0.6) is 5.75 Å². The fraction of sp³-hybridized carbons (Fsp3) is 0.214. The largest absolute Gasteiger partial charge is 0.493 e. The zero-order valence-corrected chi connectivity index (χ0v) is 12.6. The second kappa shape index (κ2) is 5.65. The number of alkyl halides is 3. The van der Waals surface area contributed by atoms with Crippen molar-refractivity contribution in [1.82, 2.24) is 14.6 Å². The summed E-state index contributed by atoms with van der Waals surface area (Å²) in [4.78, 5) is 15.2. The topological polar surface area (TPSA) is 56.5 Å². The van der Waals surface area contributed by atoms with Crippen molar-refractivity contribution in [3.63, 3.8) is 0 Å². The van der Waals surface area contributed by atoms with E-state index >= 15 is 0 Å². The number of ether oxygens (including phenoxy) is 1. The van der Waals surface area contributed by atoms with Gasteiger partial charge in [0, 0.05) is 6.07 Å². The molecule has 0 spiro atoms. The molecule has 0 saturated carbocycles. The molecule has 23 heavy (non-hydrogen) atoms. The molecule has 2 heterocycles. The third-order valence-electron chi connectivity index (χ3n) is 2.95. The second-order valence-corrected chi connectivity index (χ2v) is 5.46. The molecule has 0 radical (unpaired) electrons. The van der Waals surface area contributed by atoms with Crippen LogP contribution in [0, 0.1) is 0 Å². The van der Waals surface area contributed by atoms with Crippen molar-refractivity contribution in [2.75, 3.05) is 6.61 Å². The Bertz CT molecular complexity index is 918. The summed E-state index contributed by atoms with van der Waals surface area (Å²) in [5, 5.41) is 4.42. The maximum atomic E-state index is 12.7. The van der Waals surface area contributed by atoms with Crippen molar-refractivity contribution in [3.05, 3.63) is 46.4 Å². The molecule has 0 atom stereocenters. The third kappa shape index (κ3) is 2.91. The standard InChI is InChI=1S/C14H10F3N3O2S/c1-2-22-9-6-4-3-5-8(9)12-19-20-11(21)7-10(14(15,16)17)18-13(20)23-12/h3-7H,2H2,1H3. The van der Waals surface area contributed by atoms with Gasteiger partial charge in [-0.1, -0.05) is 23.5 Å². The van der Waals surface area contributed by atoms with Gasteiger partial charge in [-0.3, -0.25) is 4.79 Å². The Kier molecular flexibility index (Phi) is 3.80. The van der Waals surface area contributed by atoms with Crippen LogP contribution < -0.4 is 10.3 Å². The van der Waals surface area contributed by atoms with Gasteiger partial charge in [-0.25, -0.2) is 4.98 Å². The highest BCUT2D eigenvalue weighted by atomic mass is 32.1. The second-order valence-electron chi connectivity index (χ2n) is 4.51. The van der Waals surface area contributed by atoms with Crippen LogP contribution in [-0.4, -0.2) is 21.2 Å². The number of hydrogen-bond acceptors (Lipinski definition) is 5. The van der Waals surface area contributed by atoms with Gasteiger partial charge in [0.15, 0.2) is 10.7 Å². The fourth-order valence-electron chi connectivity index (χ4n) is 1.99. The average Bonchev–Trinajstić information content (AvgIpc) is 2.92. The molecule has 0 bridgehead atoms. The average molecular weight is 341 g/mol. The van der Waals surface area contributed by atoms with Crippen molar-refractivity contribution in [2.45, 2.75) is 13.1 Å². The molecule has 0 saturated heterocycles. The molecule has 0 amide bonds. The number of nitrogens with zero attached hydrogens (tertiary/aromatic N) is 3. The van der Waals surface area contributed by atoms with Crippen molar-refractivity contribution in [2.24, 2.45) is 0 Å². The van der Waals surface area contributed by atoms with Crippen LogP contribution in [-0.2, 0) is 6.18 Å². The monoisotopic (exact) mass is 341 g/mol. The number of aromatic nitrogens is 3. The maximum Gasteiger partial charge on any atom is 0.433 e. The van der Waals surface area contributed by atoms with Crippen molar-refractivity contribution in [1.29, 1.82) is 0 Å². The molecule has 0 aliphatic rings. The van der Waals surface area contributed by atoms with Crippen LogP contribution in [0.2, 0.25) is 0 Å². The van der Waals surface area contributed by atoms with Gasteiger partial charge in [0.25, 0.3) is 5.56 Å². The van der Waals surface area contributed by atoms with Crippen LogP contribution in [0.15, 0.2) is 35.1 Å². The van der Waals surface area contributed by atoms with Gasteiger partial charge in [0.1, 0.15) is 5.75 Å². The summed E-state index contributed by atoms with van der Waals surface area (Å²) in [5.41, 5.74) is -1.51. The van der Waals surface area contributed by atoms with Gasteiger partial charge in [-0.15, -0.1) is 0 Å². The van der Waals surface area contributed by atoms with Crippen LogP contribution in [0.1, 0.15) is 12.6 Å². The molecule has 5 nitrogen and oxygen atoms in total. The van der Waals surface area contributed by atoms with Gasteiger partial charge < -0.3 is 4.74 Å². The van der Waals surface area contributed by atoms with E-state index in [1.807, 2.05) is 6.92 Å². The SMILES string of the molecule is CCOc1ccccc1-c1nn2c(=O)cc(C(F)(F)F)nc2s1. The number of hydrogen-bond donors (Lipinski definition) is 0. The number of para-hydroxylation sites is 1. The van der Waals surface area contributed by atoms with E-state index in [1.165, 1.54) is 0 Å². The Hall–Kier alpha value is -2.42. The summed E-state index contributed by atoms with van der Waals surface area (Å²) < 4.78 is 44.6. The van der Waals surface area contributed by atoms with E-state index in [9.17, 15) is 18.0 Å². The molecule has 0 unspecified atom stereocenters. The first kappa shape index (κ1) is 15.5. The lowest BCUT2D eigenvalue weighted by Crippen LogP contribution is -2.19. The lowest BCUT2D eigenvalue weighted by atomic mass is 10.2. The van der Waals surface area contributed by atoms with Crippen molar-refractivity contribution < 1.29 is 17.9 Å². The normalized spacial score (nSPS) is 11.8. The summed E-state index contributed by atoms with van der Waals surface area (Å²) in [6, 6.07) is 7.40. The minimum atomic E-state index is -4.68. The molecule has 120 valence electrons. The van der Waals surface area contributed by atoms with Gasteiger partial charge in [-0.05, 0) is 19.1 Å². The number of halogens is 3. The van der Waals surface area contributed by atoms with E-state index in [2.05, 4.69) is 10.1 Å². The molecular weight excluding hydrogens is 331 g/mol. The molecule has 1 aromatic carbocycles. The Morgan fingerprint density at radius 2 is 2.04 bits per heavy atom. The van der Waals surface area contributed by atoms with Gasteiger partial charge in [0.2, 0.25) is 4.96 Å². The first-order chi connectivity index (χ1) is 10.9. The first-order valence-electron chi connectivity index (χ1n) is 6.60. The minimum Gasteiger partial charge on any atom is -0.493 e. The van der Waals surface area contributed by atoms with Crippen molar-refractivity contribution >= 4 is 16.3 Å². The van der Waals surface area contributed by atoms with E-state index < -0.39 is 17.4 Å². The Morgan fingerprint density at radius 3 is 2.74 bits per heavy atom. The van der Waals surface area contributed by atoms with E-state index in [4.69, 9.17) is 4.74 Å². The zero-order valence-electron chi connectivity index (χ0n) is 11.8. The number of fused-ring (bicyclic) bond motifs is 1. The maximum absolute atomic E-state index is 12.7. The van der Waals surface area contributed by atoms with Gasteiger partial charge in [0.05, 0.1) is 12.2 Å². The summed E-state index contributed by atoms with van der Waals surface area (Å²) in [6.07, 6.45) is -4.68. The van der Waals surface area contributed by atoms with E-state index in [-0.39, 0.29) is 4.96 Å². The fourth-order valence-corrected chi connectivity index (χ4v) is 2.92. The summed E-state index contributed by atoms with van der Waals surface area (Å²) in [5.74, 6) is 0.540. The highest BCUT2D eigenvalue weighted by Crippen LogP contribution is 2.33. The highest BCUT2D eigenvalue weighted by Gasteiger charge is 2.34. The lowest BCUT2D eigenvalue weighted by Gasteiger charge is -2.06. The minimum absolute atomic E-state index is 0.119. The van der Waals surface area contributed by atoms with Gasteiger partial charge in [-0.2, -0.15) is 22.8 Å². The van der Waals surface area contributed by atoms with Crippen LogP contribution in [0.4, 0.5) is 13.2 Å². The third-order valence-corrected chi connectivity index (χ3v) is 3.89. The Balaban J connectivity index is 2.18. The summed E-state index contributed by atoms with van der Waals surface area (Å²) in [6.45, 7) is 2.25. The summed E-state index contributed by atoms with van der Waals surface area (Å²) in [7, 11) is 0. The van der Waals surface area contributed by atoms with E-state index in [0.717, 1.165) is 15.9 Å². The number of benzene rings is 1. The smallest absolute Gasteiger partial charge is 0.433 e. The molecule has 0 fully saturated rings. The predicted molar refractivity (Wildman–Crippen MR) is 78.7 cm³/mol. The Labute approximate surface area is 132 Å². The van der Waals surface area contributed by atoms with Gasteiger partial charge >= 0.3 is 6.18 Å². The van der Waals surface area contributed by atoms with Crippen LogP contribution in [0.25, 0.3) is 15.5 Å². The molecule has 9 heteroatoms. The van der Waals surface area contributed by atoms with E-state index in [0.29, 0.717) is 29.0 Å². The van der Waals surface area contributed by atoms with Crippen LogP contribution in [0.3, 0.4) is 0 Å². The molecule has 0 aliphatic carbocycles. The molecule has 0 aliphatic heterocycles. The van der Waals surface area contributed by atoms with Crippen LogP contribution >= 0.6 is 11.3 Å². The molecule has 3 aromatic rings. The number of rotatable bonds is 3. The molecule has 0 N–H and O–H groups in total. The highest BCUT2D eigenvalue weighted by molar-refractivity contribution is 7.19. The summed E-state index contributed by atoms with van der Waals surface area (Å²) >= 11 is 0.896.